The van der Waals surface area contributed by atoms with Gasteiger partial charge in [-0.2, -0.15) is 0 Å². The van der Waals surface area contributed by atoms with Crippen molar-refractivity contribution < 1.29 is 0 Å². The predicted octanol–water partition coefficient (Wildman–Crippen LogP) is 26.7. The van der Waals surface area contributed by atoms with Crippen molar-refractivity contribution >= 4 is 86.5 Å². The molecule has 0 atom stereocenters. The van der Waals surface area contributed by atoms with Crippen LogP contribution in [-0.2, 0) is 83.2 Å². The fourth-order valence-corrected chi connectivity index (χ4v) is 16.4. The van der Waals surface area contributed by atoms with E-state index in [0.29, 0.717) is 0 Å². The van der Waals surface area contributed by atoms with Crippen LogP contribution in [-0.4, -0.2) is 0 Å². The van der Waals surface area contributed by atoms with Gasteiger partial charge in [0.1, 0.15) is 0 Å². The summed E-state index contributed by atoms with van der Waals surface area (Å²) in [5, 5.41) is 0.816. The molecule has 0 aliphatic heterocycles. The number of alkyl halides is 1. The Bertz CT molecular complexity index is 2970. The van der Waals surface area contributed by atoms with Crippen molar-refractivity contribution in [1.29, 1.82) is 0 Å². The zero-order valence-corrected chi connectivity index (χ0v) is 64.9. The van der Waals surface area contributed by atoms with Gasteiger partial charge in [-0.25, -0.2) is 0 Å². The SMILES string of the molecule is CC(C)(C)c1cc(CSc2cc(CSc3cc(CBr)cc(SCc4cc(SCc5cc(C(C)(C)C)cc(C(C)(C)C)c5)cc(SCc5cc(C(C)(C)C)cc(C(C)(C)C)c5)c4)c3)cc(SCc3cc(C(C)(C)C)cc(C(C)(C)C)c3)c2)cc(C(C)(C)C)c1. The maximum absolute atomic E-state index is 3.89. The van der Waals surface area contributed by atoms with Crippen LogP contribution in [0, 0.1) is 0 Å². The van der Waals surface area contributed by atoms with E-state index in [1.165, 1.54) is 113 Å². The van der Waals surface area contributed by atoms with Gasteiger partial charge in [-0.15, -0.1) is 70.6 Å². The summed E-state index contributed by atoms with van der Waals surface area (Å²) in [6.07, 6.45) is 0. The Kier molecular flexibility index (Phi) is 23.7. The van der Waals surface area contributed by atoms with Gasteiger partial charge in [-0.05, 0) is 181 Å². The fourth-order valence-electron chi connectivity index (χ4n) is 10.2. The lowest BCUT2D eigenvalue weighted by molar-refractivity contribution is 0.567. The van der Waals surface area contributed by atoms with Gasteiger partial charge in [0.25, 0.3) is 0 Å². The van der Waals surface area contributed by atoms with E-state index >= 15 is 0 Å². The zero-order chi connectivity index (χ0) is 65.2. The van der Waals surface area contributed by atoms with Crippen molar-refractivity contribution in [2.24, 2.45) is 0 Å². The first kappa shape index (κ1) is 72.5. The molecular weight excluding hydrogens is 1250 g/mol. The Balaban J connectivity index is 1.18. The van der Waals surface area contributed by atoms with Gasteiger partial charge >= 0.3 is 0 Å². The highest BCUT2D eigenvalue weighted by Crippen LogP contribution is 2.42. The Morgan fingerprint density at radius 1 is 0.193 bits per heavy atom. The van der Waals surface area contributed by atoms with E-state index in [4.69, 9.17) is 0 Å². The third-order valence-electron chi connectivity index (χ3n) is 16.3. The summed E-state index contributed by atoms with van der Waals surface area (Å²) >= 11 is 15.8. The van der Waals surface area contributed by atoms with E-state index in [2.05, 4.69) is 309 Å². The number of halogens is 1. The van der Waals surface area contributed by atoms with Crippen LogP contribution in [0.25, 0.3) is 0 Å². The average Bonchev–Trinajstić information content (AvgIpc) is 2.00. The van der Waals surface area contributed by atoms with E-state index in [0.717, 1.165) is 39.8 Å². The molecule has 0 saturated carbocycles. The molecule has 0 unspecified atom stereocenters. The summed E-state index contributed by atoms with van der Waals surface area (Å²) in [5.41, 5.74) is 21.5. The van der Waals surface area contributed by atoms with Gasteiger partial charge in [-0.1, -0.05) is 255 Å². The van der Waals surface area contributed by atoms with Crippen molar-refractivity contribution in [2.75, 3.05) is 0 Å². The Morgan fingerprint density at radius 2 is 0.330 bits per heavy atom. The summed E-state index contributed by atoms with van der Waals surface area (Å²) in [4.78, 5) is 7.97. The van der Waals surface area contributed by atoms with Gasteiger partial charge in [-0.3, -0.25) is 0 Å². The summed E-state index contributed by atoms with van der Waals surface area (Å²) < 4.78 is 0. The number of hydrogen-bond acceptors (Lipinski definition) is 6. The van der Waals surface area contributed by atoms with Crippen LogP contribution >= 0.6 is 86.5 Å². The lowest BCUT2D eigenvalue weighted by Crippen LogP contribution is -2.17. The second kappa shape index (κ2) is 28.8. The predicted molar refractivity (Wildman–Crippen MR) is 405 cm³/mol. The van der Waals surface area contributed by atoms with E-state index in [-0.39, 0.29) is 43.3 Å². The summed E-state index contributed by atoms with van der Waals surface area (Å²) in [7, 11) is 0. The van der Waals surface area contributed by atoms with Crippen LogP contribution in [0.3, 0.4) is 0 Å². The first-order valence-electron chi connectivity index (χ1n) is 31.8. The molecule has 474 valence electrons. The molecule has 0 spiro atoms. The highest BCUT2D eigenvalue weighted by atomic mass is 79.9. The third-order valence-corrected chi connectivity index (χ3v) is 23.2. The third kappa shape index (κ3) is 21.6. The molecule has 0 fully saturated rings. The molecule has 0 aromatic heterocycles. The molecular formula is C81H107BrS6. The highest BCUT2D eigenvalue weighted by Gasteiger charge is 2.26. The van der Waals surface area contributed by atoms with E-state index in [1.807, 2.05) is 70.6 Å². The molecule has 0 nitrogen and oxygen atoms in total. The lowest BCUT2D eigenvalue weighted by Gasteiger charge is -2.26. The minimum Gasteiger partial charge on any atom is -0.121 e. The molecule has 88 heavy (non-hydrogen) atoms. The van der Waals surface area contributed by atoms with Crippen LogP contribution in [0.5, 0.6) is 0 Å². The first-order chi connectivity index (χ1) is 40.5. The van der Waals surface area contributed by atoms with Gasteiger partial charge in [0.2, 0.25) is 0 Å². The highest BCUT2D eigenvalue weighted by molar-refractivity contribution is 9.08. The van der Waals surface area contributed by atoms with Crippen LogP contribution < -0.4 is 0 Å². The molecule has 0 radical (unpaired) electrons. The van der Waals surface area contributed by atoms with Gasteiger partial charge < -0.3 is 0 Å². The molecule has 0 aliphatic rings. The van der Waals surface area contributed by atoms with Crippen LogP contribution in [0.15, 0.2) is 157 Å². The molecule has 7 rings (SSSR count). The first-order valence-corrected chi connectivity index (χ1v) is 38.9. The minimum atomic E-state index is 0.0738. The maximum atomic E-state index is 3.89. The second-order valence-electron chi connectivity index (χ2n) is 33.0. The molecule has 7 aromatic carbocycles. The standard InChI is InChI=1S/C81H107BrS6/c1-74(2,3)60-25-54(26-61(39-60)75(4,5)6)47-83-70-35-58(36-71(44-70)84-48-55-27-62(76(7,8)9)40-63(28-55)77(10,11)12)51-87-68-33-53(46-82)34-69(43-68)88-52-59-37-72(85-49-56-29-64(78(13,14)15)41-65(30-56)79(16,17)18)45-73(38-59)86-50-57-31-66(80(19,20)21)42-67(32-57)81(22,23)24/h25-45H,46-52H2,1-24H3. The second-order valence-corrected chi connectivity index (χ2v) is 39.8. The molecule has 0 heterocycles. The molecule has 0 amide bonds. The molecule has 0 saturated heterocycles. The fraction of sp³-hybridized carbons (Fsp3) is 0.481. The summed E-state index contributed by atoms with van der Waals surface area (Å²) in [6.45, 7) is 56.2. The quantitative estimate of drug-likeness (QED) is 0.0580. The Labute approximate surface area is 571 Å². The number of hydrogen-bond donors (Lipinski definition) is 0. The van der Waals surface area contributed by atoms with Crippen molar-refractivity contribution in [3.8, 4) is 0 Å². The van der Waals surface area contributed by atoms with E-state index in [1.54, 1.807) is 0 Å². The normalized spacial score (nSPS) is 13.2. The topological polar surface area (TPSA) is 0 Å². The summed E-state index contributed by atoms with van der Waals surface area (Å²) in [5.74, 6) is 5.51. The van der Waals surface area contributed by atoms with Gasteiger partial charge in [0.15, 0.2) is 0 Å². The van der Waals surface area contributed by atoms with Crippen molar-refractivity contribution in [1.82, 2.24) is 0 Å². The zero-order valence-electron chi connectivity index (χ0n) is 58.4. The lowest BCUT2D eigenvalue weighted by atomic mass is 9.80. The van der Waals surface area contributed by atoms with Gasteiger partial charge in [0, 0.05) is 69.2 Å². The maximum Gasteiger partial charge on any atom is 0.0283 e. The van der Waals surface area contributed by atoms with Crippen LogP contribution in [0.4, 0.5) is 0 Å². The monoisotopic (exact) mass is 1350 g/mol. The van der Waals surface area contributed by atoms with Crippen molar-refractivity contribution in [3.05, 3.63) is 211 Å². The van der Waals surface area contributed by atoms with Crippen molar-refractivity contribution in [2.45, 2.75) is 279 Å². The summed E-state index contributed by atoms with van der Waals surface area (Å²) in [6, 6.07) is 51.5. The van der Waals surface area contributed by atoms with E-state index < -0.39 is 0 Å². The Hall–Kier alpha value is -2.88. The smallest absolute Gasteiger partial charge is 0.0283 e. The van der Waals surface area contributed by atoms with E-state index in [9.17, 15) is 0 Å². The number of thioether (sulfide) groups is 6. The van der Waals surface area contributed by atoms with Crippen LogP contribution in [0.2, 0.25) is 0 Å². The molecule has 0 bridgehead atoms. The molecule has 0 N–H and O–H groups in total. The largest absolute Gasteiger partial charge is 0.121 e. The average molecular weight is 1350 g/mol. The molecule has 0 aliphatic carbocycles. The Morgan fingerprint density at radius 3 is 0.466 bits per heavy atom. The molecule has 7 aromatic rings. The number of benzene rings is 7. The van der Waals surface area contributed by atoms with Gasteiger partial charge in [0.05, 0.1) is 0 Å². The molecule has 7 heteroatoms. The number of rotatable bonds is 19. The minimum absolute atomic E-state index is 0.0738. The van der Waals surface area contributed by atoms with Crippen molar-refractivity contribution in [3.63, 3.8) is 0 Å². The van der Waals surface area contributed by atoms with Crippen LogP contribution in [0.1, 0.15) is 250 Å².